The molecule has 0 aliphatic rings. The fourth-order valence-corrected chi connectivity index (χ4v) is 3.69. The largest absolute Gasteiger partial charge is 0.478 e. The first-order valence-corrected chi connectivity index (χ1v) is 9.92. The second-order valence-corrected chi connectivity index (χ2v) is 7.42. The Morgan fingerprint density at radius 1 is 1.15 bits per heavy atom. The molecule has 1 heterocycles. The number of rotatable bonds is 8. The first-order valence-electron chi connectivity index (χ1n) is 8.29. The van der Waals surface area contributed by atoms with Crippen LogP contribution in [0.5, 0.6) is 0 Å². The number of nitrogens with one attached hydrogen (secondary N) is 2. The van der Waals surface area contributed by atoms with Gasteiger partial charge in [-0.25, -0.2) is 9.59 Å². The Kier molecular flexibility index (Phi) is 7.75. The zero-order valence-corrected chi connectivity index (χ0v) is 16.6. The molecule has 0 saturated carbocycles. The van der Waals surface area contributed by atoms with Gasteiger partial charge in [-0.3, -0.25) is 5.32 Å². The molecular formula is C18H20Cl2N2O3S. The van der Waals surface area contributed by atoms with Crippen LogP contribution < -0.4 is 10.6 Å². The molecule has 0 radical (unpaired) electrons. The normalized spacial score (nSPS) is 10.6. The number of aromatic carboxylic acids is 1. The third-order valence-electron chi connectivity index (χ3n) is 3.78. The van der Waals surface area contributed by atoms with Gasteiger partial charge in [0, 0.05) is 17.5 Å². The van der Waals surface area contributed by atoms with E-state index in [0.29, 0.717) is 27.7 Å². The van der Waals surface area contributed by atoms with Crippen molar-refractivity contribution in [1.82, 2.24) is 5.32 Å². The van der Waals surface area contributed by atoms with Crippen LogP contribution in [-0.2, 0) is 0 Å². The topological polar surface area (TPSA) is 78.4 Å². The highest BCUT2D eigenvalue weighted by molar-refractivity contribution is 7.15. The van der Waals surface area contributed by atoms with Crippen molar-refractivity contribution in [3.8, 4) is 11.1 Å². The number of carboxylic acids is 1. The summed E-state index contributed by atoms with van der Waals surface area (Å²) in [6.07, 6.45) is 4.20. The molecule has 26 heavy (non-hydrogen) atoms. The highest BCUT2D eigenvalue weighted by atomic mass is 35.5. The van der Waals surface area contributed by atoms with Crippen molar-refractivity contribution in [3.63, 3.8) is 0 Å². The number of carbonyl (C=O) groups excluding carboxylic acids is 1. The minimum atomic E-state index is -1.12. The fourth-order valence-electron chi connectivity index (χ4n) is 2.44. The van der Waals surface area contributed by atoms with Crippen molar-refractivity contribution in [2.75, 3.05) is 11.9 Å². The quantitative estimate of drug-likeness (QED) is 0.455. The zero-order valence-electron chi connectivity index (χ0n) is 14.3. The van der Waals surface area contributed by atoms with E-state index in [1.165, 1.54) is 0 Å². The highest BCUT2D eigenvalue weighted by Crippen LogP contribution is 2.37. The first-order chi connectivity index (χ1) is 12.4. The molecule has 2 aromatic rings. The molecule has 0 saturated heterocycles. The van der Waals surface area contributed by atoms with Gasteiger partial charge >= 0.3 is 12.0 Å². The minimum Gasteiger partial charge on any atom is -0.478 e. The number of unbranched alkanes of at least 4 members (excludes halogenated alkanes) is 3. The molecule has 0 unspecified atom stereocenters. The van der Waals surface area contributed by atoms with Gasteiger partial charge in [0.2, 0.25) is 0 Å². The lowest BCUT2D eigenvalue weighted by molar-refractivity contribution is 0.0699. The number of urea groups is 1. The third kappa shape index (κ3) is 5.37. The molecule has 0 spiro atoms. The van der Waals surface area contributed by atoms with E-state index in [9.17, 15) is 14.7 Å². The van der Waals surface area contributed by atoms with Crippen LogP contribution in [-0.4, -0.2) is 23.7 Å². The molecule has 0 aliphatic heterocycles. The lowest BCUT2D eigenvalue weighted by Crippen LogP contribution is -2.29. The van der Waals surface area contributed by atoms with Crippen LogP contribution in [0.1, 0.15) is 43.0 Å². The van der Waals surface area contributed by atoms with Gasteiger partial charge in [0.25, 0.3) is 0 Å². The average Bonchev–Trinajstić information content (AvgIpc) is 3.01. The number of carboxylic acid groups (broad SMARTS) is 1. The molecule has 1 aromatic heterocycles. The summed E-state index contributed by atoms with van der Waals surface area (Å²) in [5.41, 5.74) is 1.15. The summed E-state index contributed by atoms with van der Waals surface area (Å²) < 4.78 is 0. The van der Waals surface area contributed by atoms with E-state index >= 15 is 0 Å². The van der Waals surface area contributed by atoms with E-state index in [2.05, 4.69) is 17.6 Å². The summed E-state index contributed by atoms with van der Waals surface area (Å²) in [6.45, 7) is 2.68. The molecule has 8 heteroatoms. The number of hydrogen-bond donors (Lipinski definition) is 3. The molecule has 3 N–H and O–H groups in total. The zero-order chi connectivity index (χ0) is 19.1. The van der Waals surface area contributed by atoms with Crippen molar-refractivity contribution in [3.05, 3.63) is 39.2 Å². The number of amides is 2. The van der Waals surface area contributed by atoms with Gasteiger partial charge in [0.15, 0.2) is 0 Å². The summed E-state index contributed by atoms with van der Waals surface area (Å²) in [4.78, 5) is 23.7. The fraction of sp³-hybridized carbons (Fsp3) is 0.333. The van der Waals surface area contributed by atoms with Gasteiger partial charge in [-0.15, -0.1) is 11.3 Å². The molecule has 0 atom stereocenters. The van der Waals surface area contributed by atoms with Crippen molar-refractivity contribution >= 4 is 51.5 Å². The van der Waals surface area contributed by atoms with Crippen LogP contribution in [0.2, 0.25) is 10.0 Å². The Labute approximate surface area is 166 Å². The number of carbonyl (C=O) groups is 2. The summed E-state index contributed by atoms with van der Waals surface area (Å²) >= 11 is 13.1. The lowest BCUT2D eigenvalue weighted by atomic mass is 10.0. The summed E-state index contributed by atoms with van der Waals surface area (Å²) in [5.74, 6) is -1.12. The van der Waals surface area contributed by atoms with Crippen LogP contribution >= 0.6 is 34.5 Å². The van der Waals surface area contributed by atoms with Crippen LogP contribution in [0.25, 0.3) is 11.1 Å². The van der Waals surface area contributed by atoms with Crippen LogP contribution in [0.3, 0.4) is 0 Å². The number of anilines is 1. The maximum Gasteiger partial charge on any atom is 0.339 e. The molecule has 2 amide bonds. The van der Waals surface area contributed by atoms with Gasteiger partial charge in [-0.1, -0.05) is 55.5 Å². The van der Waals surface area contributed by atoms with Crippen molar-refractivity contribution in [2.24, 2.45) is 0 Å². The van der Waals surface area contributed by atoms with Gasteiger partial charge < -0.3 is 10.4 Å². The summed E-state index contributed by atoms with van der Waals surface area (Å²) in [5, 5.41) is 17.7. The van der Waals surface area contributed by atoms with Crippen LogP contribution in [0, 0.1) is 0 Å². The Bertz CT molecular complexity index is 793. The molecule has 0 aliphatic carbocycles. The van der Waals surface area contributed by atoms with Gasteiger partial charge in [0.05, 0.1) is 10.0 Å². The molecule has 1 aromatic carbocycles. The Hall–Kier alpha value is -1.76. The van der Waals surface area contributed by atoms with E-state index in [1.54, 1.807) is 23.6 Å². The standard InChI is InChI=1S/C18H20Cl2N2O3S/c1-2-3-4-5-8-21-18(25)22-16-15(17(23)24)12(10-26-16)11-6-7-13(19)14(20)9-11/h6-7,9-10H,2-5,8H2,1H3,(H,23,24)(H2,21,22,25). The van der Waals surface area contributed by atoms with Crippen molar-refractivity contribution < 1.29 is 14.7 Å². The van der Waals surface area contributed by atoms with Crippen LogP contribution in [0.4, 0.5) is 9.80 Å². The Morgan fingerprint density at radius 3 is 2.58 bits per heavy atom. The molecule has 0 bridgehead atoms. The predicted octanol–water partition coefficient (Wildman–Crippen LogP) is 6.12. The van der Waals surface area contributed by atoms with E-state index in [-0.39, 0.29) is 10.6 Å². The van der Waals surface area contributed by atoms with E-state index in [0.717, 1.165) is 37.0 Å². The minimum absolute atomic E-state index is 0.0366. The number of hydrogen-bond acceptors (Lipinski definition) is 3. The SMILES string of the molecule is CCCCCCNC(=O)Nc1scc(-c2ccc(Cl)c(Cl)c2)c1C(=O)O. The van der Waals surface area contributed by atoms with E-state index in [1.807, 2.05) is 0 Å². The van der Waals surface area contributed by atoms with Gasteiger partial charge in [-0.05, 0) is 24.1 Å². The highest BCUT2D eigenvalue weighted by Gasteiger charge is 2.21. The van der Waals surface area contributed by atoms with Gasteiger partial charge in [-0.2, -0.15) is 0 Å². The third-order valence-corrected chi connectivity index (χ3v) is 5.41. The average molecular weight is 415 g/mol. The predicted molar refractivity (Wildman–Crippen MR) is 108 cm³/mol. The molecule has 0 fully saturated rings. The number of thiophene rings is 1. The van der Waals surface area contributed by atoms with Crippen molar-refractivity contribution in [2.45, 2.75) is 32.6 Å². The molecular weight excluding hydrogens is 395 g/mol. The lowest BCUT2D eigenvalue weighted by Gasteiger charge is -2.08. The van der Waals surface area contributed by atoms with Crippen LogP contribution in [0.15, 0.2) is 23.6 Å². The number of benzene rings is 1. The summed E-state index contributed by atoms with van der Waals surface area (Å²) in [7, 11) is 0. The Balaban J connectivity index is 2.12. The maximum absolute atomic E-state index is 12.0. The molecule has 2 rings (SSSR count). The van der Waals surface area contributed by atoms with E-state index in [4.69, 9.17) is 23.2 Å². The Morgan fingerprint density at radius 2 is 1.92 bits per heavy atom. The molecule has 140 valence electrons. The van der Waals surface area contributed by atoms with Crippen molar-refractivity contribution in [1.29, 1.82) is 0 Å². The monoisotopic (exact) mass is 414 g/mol. The van der Waals surface area contributed by atoms with Gasteiger partial charge in [0.1, 0.15) is 10.6 Å². The first kappa shape index (κ1) is 20.6. The molecule has 5 nitrogen and oxygen atoms in total. The number of halogens is 2. The second-order valence-electron chi connectivity index (χ2n) is 5.73. The smallest absolute Gasteiger partial charge is 0.339 e. The maximum atomic E-state index is 12.0. The van der Waals surface area contributed by atoms with E-state index < -0.39 is 12.0 Å². The summed E-state index contributed by atoms with van der Waals surface area (Å²) in [6, 6.07) is 4.50. The second kappa shape index (κ2) is 9.80.